The number of benzene rings is 2. The number of Topliss-reactive ketones (excluding diaryl/α,β-unsaturated/α-hetero) is 1. The van der Waals surface area contributed by atoms with Crippen molar-refractivity contribution < 1.29 is 38.4 Å². The molecular formula is C25H23NO8. The Kier molecular flexibility index (Phi) is 6.18. The monoisotopic (exact) mass is 465 g/mol. The highest BCUT2D eigenvalue weighted by atomic mass is 16.5. The highest BCUT2D eigenvalue weighted by Crippen LogP contribution is 2.43. The molecule has 0 saturated carbocycles. The van der Waals surface area contributed by atoms with Gasteiger partial charge in [-0.25, -0.2) is 0 Å². The number of ketones is 1. The first-order valence-electron chi connectivity index (χ1n) is 10.3. The van der Waals surface area contributed by atoms with Crippen LogP contribution in [0, 0.1) is 0 Å². The van der Waals surface area contributed by atoms with Gasteiger partial charge in [0.05, 0.1) is 51.3 Å². The highest BCUT2D eigenvalue weighted by Gasteiger charge is 2.46. The summed E-state index contributed by atoms with van der Waals surface area (Å²) in [4.78, 5) is 27.5. The zero-order valence-corrected chi connectivity index (χ0v) is 18.8. The van der Waals surface area contributed by atoms with Crippen LogP contribution in [0.5, 0.6) is 23.0 Å². The van der Waals surface area contributed by atoms with Gasteiger partial charge in [-0.3, -0.25) is 9.59 Å². The van der Waals surface area contributed by atoms with E-state index in [1.165, 1.54) is 50.7 Å². The Morgan fingerprint density at radius 3 is 2.38 bits per heavy atom. The number of rotatable bonds is 7. The van der Waals surface area contributed by atoms with Crippen LogP contribution in [0.4, 0.5) is 0 Å². The topological polar surface area (TPSA) is 119 Å². The van der Waals surface area contributed by atoms with Crippen molar-refractivity contribution in [2.75, 3.05) is 21.3 Å². The first kappa shape index (κ1) is 22.8. The lowest BCUT2D eigenvalue weighted by atomic mass is 9.94. The Labute approximate surface area is 195 Å². The molecule has 1 aliphatic rings. The molecule has 2 N–H and O–H groups in total. The number of methoxy groups -OCH3 is 3. The van der Waals surface area contributed by atoms with Crippen LogP contribution in [0.3, 0.4) is 0 Å². The molecule has 0 spiro atoms. The predicted octanol–water partition coefficient (Wildman–Crippen LogP) is 3.63. The molecule has 1 amide bonds. The maximum atomic E-state index is 13.2. The number of hydrogen-bond acceptors (Lipinski definition) is 8. The summed E-state index contributed by atoms with van der Waals surface area (Å²) < 4.78 is 21.1. The van der Waals surface area contributed by atoms with Crippen molar-refractivity contribution in [1.29, 1.82) is 0 Å². The molecule has 1 unspecified atom stereocenters. The van der Waals surface area contributed by atoms with E-state index in [0.29, 0.717) is 17.1 Å². The normalized spacial score (nSPS) is 17.1. The largest absolute Gasteiger partial charge is 0.507 e. The van der Waals surface area contributed by atoms with Crippen LogP contribution in [-0.4, -0.2) is 48.1 Å². The summed E-state index contributed by atoms with van der Waals surface area (Å²) in [6.45, 7) is -0.0223. The van der Waals surface area contributed by atoms with E-state index in [1.54, 1.807) is 30.3 Å². The van der Waals surface area contributed by atoms with E-state index in [2.05, 4.69) is 0 Å². The van der Waals surface area contributed by atoms with Crippen LogP contribution in [0.15, 0.2) is 64.8 Å². The fraction of sp³-hybridized carbons (Fsp3) is 0.200. The SMILES string of the molecule is COc1ccc(/C(O)=C2/C(=O)C(=O)N(Cc3ccco3)C2c2ccc(OC)c(O)c2)c(OC)c1. The first-order valence-corrected chi connectivity index (χ1v) is 10.3. The van der Waals surface area contributed by atoms with Crippen molar-refractivity contribution in [1.82, 2.24) is 4.90 Å². The van der Waals surface area contributed by atoms with Crippen LogP contribution in [0.25, 0.3) is 5.76 Å². The first-order chi connectivity index (χ1) is 16.4. The third-order valence-corrected chi connectivity index (χ3v) is 5.63. The highest BCUT2D eigenvalue weighted by molar-refractivity contribution is 6.46. The Bertz CT molecular complexity index is 1260. The number of nitrogens with zero attached hydrogens (tertiary/aromatic N) is 1. The number of furan rings is 1. The number of phenolic OH excluding ortho intramolecular Hbond substituents is 1. The lowest BCUT2D eigenvalue weighted by Crippen LogP contribution is -2.29. The van der Waals surface area contributed by atoms with Crippen molar-refractivity contribution in [2.45, 2.75) is 12.6 Å². The molecule has 9 heteroatoms. The van der Waals surface area contributed by atoms with Crippen LogP contribution in [0.2, 0.25) is 0 Å². The zero-order chi connectivity index (χ0) is 24.4. The standard InChI is InChI=1S/C25H23NO8/c1-31-15-7-8-17(20(12-15)33-3)23(28)21-22(14-6-9-19(32-2)18(27)11-14)26(25(30)24(21)29)13-16-5-4-10-34-16/h4-12,22,27-28H,13H2,1-3H3/b23-21-. The summed E-state index contributed by atoms with van der Waals surface area (Å²) in [5, 5.41) is 21.6. The number of ether oxygens (including phenoxy) is 3. The molecule has 1 aromatic heterocycles. The molecule has 176 valence electrons. The average molecular weight is 465 g/mol. The molecule has 1 saturated heterocycles. The second-order valence-corrected chi connectivity index (χ2v) is 7.50. The third-order valence-electron chi connectivity index (χ3n) is 5.63. The molecule has 1 fully saturated rings. The summed E-state index contributed by atoms with van der Waals surface area (Å²) in [6, 6.07) is 11.6. The van der Waals surface area contributed by atoms with Gasteiger partial charge in [-0.2, -0.15) is 0 Å². The second-order valence-electron chi connectivity index (χ2n) is 7.50. The molecular weight excluding hydrogens is 442 g/mol. The average Bonchev–Trinajstić information content (AvgIpc) is 3.45. The number of aromatic hydroxyl groups is 1. The Hall–Kier alpha value is -4.40. The maximum absolute atomic E-state index is 13.2. The summed E-state index contributed by atoms with van der Waals surface area (Å²) in [6.07, 6.45) is 1.46. The summed E-state index contributed by atoms with van der Waals surface area (Å²) in [7, 11) is 4.32. The lowest BCUT2D eigenvalue weighted by molar-refractivity contribution is -0.140. The molecule has 0 radical (unpaired) electrons. The quantitative estimate of drug-likeness (QED) is 0.309. The molecule has 0 aliphatic carbocycles. The van der Waals surface area contributed by atoms with Crippen LogP contribution < -0.4 is 14.2 Å². The van der Waals surface area contributed by atoms with Gasteiger partial charge in [0.15, 0.2) is 11.5 Å². The van der Waals surface area contributed by atoms with E-state index < -0.39 is 23.5 Å². The van der Waals surface area contributed by atoms with Crippen molar-refractivity contribution in [3.63, 3.8) is 0 Å². The molecule has 1 aliphatic heterocycles. The maximum Gasteiger partial charge on any atom is 0.296 e. The van der Waals surface area contributed by atoms with Gasteiger partial charge in [0.2, 0.25) is 0 Å². The molecule has 2 aromatic carbocycles. The van der Waals surface area contributed by atoms with Gasteiger partial charge in [0.1, 0.15) is 23.0 Å². The fourth-order valence-corrected chi connectivity index (χ4v) is 3.98. The molecule has 9 nitrogen and oxygen atoms in total. The van der Waals surface area contributed by atoms with Crippen molar-refractivity contribution >= 4 is 17.4 Å². The summed E-state index contributed by atoms with van der Waals surface area (Å²) in [5.41, 5.74) is 0.463. The molecule has 0 bridgehead atoms. The van der Waals surface area contributed by atoms with Gasteiger partial charge >= 0.3 is 0 Å². The van der Waals surface area contributed by atoms with Gasteiger partial charge in [-0.05, 0) is 42.0 Å². The van der Waals surface area contributed by atoms with Gasteiger partial charge in [0.25, 0.3) is 11.7 Å². The smallest absolute Gasteiger partial charge is 0.296 e. The van der Waals surface area contributed by atoms with Crippen molar-refractivity contribution in [3.8, 4) is 23.0 Å². The van der Waals surface area contributed by atoms with E-state index in [-0.39, 0.29) is 34.9 Å². The number of aliphatic hydroxyl groups is 1. The Morgan fingerprint density at radius 1 is 1.00 bits per heavy atom. The van der Waals surface area contributed by atoms with Crippen molar-refractivity contribution in [3.05, 3.63) is 77.3 Å². The van der Waals surface area contributed by atoms with E-state index in [9.17, 15) is 19.8 Å². The van der Waals surface area contributed by atoms with Crippen LogP contribution >= 0.6 is 0 Å². The van der Waals surface area contributed by atoms with E-state index in [1.807, 2.05) is 0 Å². The molecule has 34 heavy (non-hydrogen) atoms. The van der Waals surface area contributed by atoms with Crippen LogP contribution in [0.1, 0.15) is 22.9 Å². The van der Waals surface area contributed by atoms with E-state index in [0.717, 1.165) is 0 Å². The van der Waals surface area contributed by atoms with Crippen molar-refractivity contribution in [2.24, 2.45) is 0 Å². The number of aliphatic hydroxyl groups excluding tert-OH is 1. The lowest BCUT2D eigenvalue weighted by Gasteiger charge is -2.25. The number of hydrogen-bond donors (Lipinski definition) is 2. The number of likely N-dealkylation sites (tertiary alicyclic amines) is 1. The van der Waals surface area contributed by atoms with Crippen LogP contribution in [-0.2, 0) is 16.1 Å². The number of carbonyl (C=O) groups excluding carboxylic acids is 2. The Morgan fingerprint density at radius 2 is 1.76 bits per heavy atom. The molecule has 4 rings (SSSR count). The van der Waals surface area contributed by atoms with E-state index >= 15 is 0 Å². The predicted molar refractivity (Wildman–Crippen MR) is 121 cm³/mol. The van der Waals surface area contributed by atoms with Gasteiger partial charge < -0.3 is 33.7 Å². The number of amides is 1. The van der Waals surface area contributed by atoms with E-state index in [4.69, 9.17) is 18.6 Å². The third kappa shape index (κ3) is 3.92. The molecule has 1 atom stereocenters. The molecule has 3 aromatic rings. The minimum Gasteiger partial charge on any atom is -0.507 e. The second kappa shape index (κ2) is 9.22. The summed E-state index contributed by atoms with van der Waals surface area (Å²) in [5.74, 6) is -0.859. The zero-order valence-electron chi connectivity index (χ0n) is 18.8. The van der Waals surface area contributed by atoms with Gasteiger partial charge in [-0.15, -0.1) is 0 Å². The number of phenols is 1. The van der Waals surface area contributed by atoms with Gasteiger partial charge in [0, 0.05) is 6.07 Å². The number of carbonyl (C=O) groups is 2. The summed E-state index contributed by atoms with van der Waals surface area (Å²) >= 11 is 0. The van der Waals surface area contributed by atoms with Gasteiger partial charge in [-0.1, -0.05) is 6.07 Å². The minimum absolute atomic E-state index is 0.0223. The Balaban J connectivity index is 1.91. The molecule has 2 heterocycles. The fourth-order valence-electron chi connectivity index (χ4n) is 3.98. The minimum atomic E-state index is -1.01.